The lowest BCUT2D eigenvalue weighted by Gasteiger charge is -1.98. The summed E-state index contributed by atoms with van der Waals surface area (Å²) in [6.45, 7) is 0.170. The summed E-state index contributed by atoms with van der Waals surface area (Å²) in [6.07, 6.45) is -3.72. The lowest BCUT2D eigenvalue weighted by molar-refractivity contribution is -0.0537. The second-order valence-electron chi connectivity index (χ2n) is 2.81. The molecular weight excluding hydrogens is 191 g/mol. The molecule has 0 spiro atoms. The Morgan fingerprint density at radius 3 is 2.36 bits per heavy atom. The van der Waals surface area contributed by atoms with Gasteiger partial charge in [0, 0.05) is 6.54 Å². The molecule has 0 atom stereocenters. The molecule has 14 heavy (non-hydrogen) atoms. The standard InChI is InChI=1S/C10H10F3N/c11-10(12,13)8-14-7-6-9-4-2-1-3-5-9/h1-5,8H,6-7H2. The van der Waals surface area contributed by atoms with Gasteiger partial charge in [-0.15, -0.1) is 0 Å². The Kier molecular flexibility index (Phi) is 3.68. The highest BCUT2D eigenvalue weighted by atomic mass is 19.4. The van der Waals surface area contributed by atoms with E-state index in [2.05, 4.69) is 4.99 Å². The molecule has 0 bridgehead atoms. The van der Waals surface area contributed by atoms with Crippen molar-refractivity contribution in [2.75, 3.05) is 6.54 Å². The van der Waals surface area contributed by atoms with Crippen LogP contribution in [0.5, 0.6) is 0 Å². The summed E-state index contributed by atoms with van der Waals surface area (Å²) in [6, 6.07) is 9.29. The van der Waals surface area contributed by atoms with E-state index in [4.69, 9.17) is 0 Å². The van der Waals surface area contributed by atoms with Crippen molar-refractivity contribution in [3.05, 3.63) is 35.9 Å². The molecule has 0 heterocycles. The fourth-order valence-electron chi connectivity index (χ4n) is 1.01. The van der Waals surface area contributed by atoms with E-state index in [-0.39, 0.29) is 12.8 Å². The van der Waals surface area contributed by atoms with Crippen LogP contribution in [-0.4, -0.2) is 18.9 Å². The quantitative estimate of drug-likeness (QED) is 0.667. The molecular formula is C10H10F3N. The van der Waals surface area contributed by atoms with Gasteiger partial charge in [0.1, 0.15) is 6.21 Å². The summed E-state index contributed by atoms with van der Waals surface area (Å²) in [5.41, 5.74) is 0.992. The number of aliphatic imine (C=N–C) groups is 1. The highest BCUT2D eigenvalue weighted by molar-refractivity contribution is 5.63. The van der Waals surface area contributed by atoms with Crippen molar-refractivity contribution in [2.45, 2.75) is 12.6 Å². The molecule has 1 rings (SSSR count). The van der Waals surface area contributed by atoms with Crippen molar-refractivity contribution in [1.82, 2.24) is 0 Å². The van der Waals surface area contributed by atoms with Gasteiger partial charge in [-0.2, -0.15) is 13.2 Å². The normalized spacial score (nSPS) is 12.2. The molecule has 0 N–H and O–H groups in total. The maximum Gasteiger partial charge on any atom is 0.426 e. The van der Waals surface area contributed by atoms with Gasteiger partial charge < -0.3 is 0 Å². The van der Waals surface area contributed by atoms with Gasteiger partial charge in [-0.05, 0) is 12.0 Å². The summed E-state index contributed by atoms with van der Waals surface area (Å²) in [7, 11) is 0. The maximum atomic E-state index is 11.6. The fourth-order valence-corrected chi connectivity index (χ4v) is 1.01. The predicted octanol–water partition coefficient (Wildman–Crippen LogP) is 2.86. The average molecular weight is 201 g/mol. The van der Waals surface area contributed by atoms with Crippen molar-refractivity contribution in [3.8, 4) is 0 Å². The van der Waals surface area contributed by atoms with Gasteiger partial charge >= 0.3 is 6.18 Å². The smallest absolute Gasteiger partial charge is 0.288 e. The molecule has 0 radical (unpaired) electrons. The van der Waals surface area contributed by atoms with Crippen LogP contribution >= 0.6 is 0 Å². The molecule has 0 saturated heterocycles. The average Bonchev–Trinajstić information content (AvgIpc) is 2.13. The largest absolute Gasteiger partial charge is 0.426 e. The zero-order chi connectivity index (χ0) is 10.4. The summed E-state index contributed by atoms with van der Waals surface area (Å²) in [4.78, 5) is 3.29. The van der Waals surface area contributed by atoms with Crippen LogP contribution in [0.2, 0.25) is 0 Å². The number of nitrogens with zero attached hydrogens (tertiary/aromatic N) is 1. The van der Waals surface area contributed by atoms with E-state index in [1.54, 1.807) is 0 Å². The minimum absolute atomic E-state index is 0.0376. The Labute approximate surface area is 80.3 Å². The van der Waals surface area contributed by atoms with E-state index < -0.39 is 6.18 Å². The second kappa shape index (κ2) is 4.79. The first kappa shape index (κ1) is 10.8. The monoisotopic (exact) mass is 201 g/mol. The molecule has 0 aliphatic carbocycles. The minimum Gasteiger partial charge on any atom is -0.288 e. The molecule has 76 valence electrons. The number of alkyl halides is 3. The third-order valence-electron chi connectivity index (χ3n) is 1.61. The van der Waals surface area contributed by atoms with Gasteiger partial charge in [0.15, 0.2) is 0 Å². The lowest BCUT2D eigenvalue weighted by Crippen LogP contribution is -2.09. The third kappa shape index (κ3) is 4.64. The summed E-state index contributed by atoms with van der Waals surface area (Å²) < 4.78 is 34.9. The first-order chi connectivity index (χ1) is 6.58. The number of hydrogen-bond acceptors (Lipinski definition) is 1. The Morgan fingerprint density at radius 2 is 1.79 bits per heavy atom. The Morgan fingerprint density at radius 1 is 1.14 bits per heavy atom. The summed E-state index contributed by atoms with van der Waals surface area (Å²) >= 11 is 0. The van der Waals surface area contributed by atoms with Crippen molar-refractivity contribution in [2.24, 2.45) is 4.99 Å². The number of halogens is 3. The lowest BCUT2D eigenvalue weighted by atomic mass is 10.2. The highest BCUT2D eigenvalue weighted by Crippen LogP contribution is 2.10. The molecule has 1 nitrogen and oxygen atoms in total. The molecule has 0 fully saturated rings. The summed E-state index contributed by atoms with van der Waals surface area (Å²) in [5, 5.41) is 0. The van der Waals surface area contributed by atoms with Gasteiger partial charge in [-0.25, -0.2) is 0 Å². The molecule has 1 aromatic rings. The van der Waals surface area contributed by atoms with E-state index >= 15 is 0 Å². The van der Waals surface area contributed by atoms with Gasteiger partial charge in [-0.3, -0.25) is 4.99 Å². The molecule has 0 aliphatic rings. The highest BCUT2D eigenvalue weighted by Gasteiger charge is 2.23. The van der Waals surface area contributed by atoms with Gasteiger partial charge in [0.05, 0.1) is 0 Å². The van der Waals surface area contributed by atoms with Crippen LogP contribution in [-0.2, 0) is 6.42 Å². The van der Waals surface area contributed by atoms with E-state index in [9.17, 15) is 13.2 Å². The zero-order valence-corrected chi connectivity index (χ0v) is 7.46. The van der Waals surface area contributed by atoms with E-state index in [0.717, 1.165) is 5.56 Å². The van der Waals surface area contributed by atoms with E-state index in [0.29, 0.717) is 6.42 Å². The van der Waals surface area contributed by atoms with Crippen LogP contribution in [0.4, 0.5) is 13.2 Å². The van der Waals surface area contributed by atoms with Crippen molar-refractivity contribution < 1.29 is 13.2 Å². The van der Waals surface area contributed by atoms with Crippen LogP contribution in [0.1, 0.15) is 5.56 Å². The van der Waals surface area contributed by atoms with Crippen LogP contribution in [0, 0.1) is 0 Å². The fraction of sp³-hybridized carbons (Fsp3) is 0.300. The SMILES string of the molecule is FC(F)(F)C=NCCc1ccccc1. The molecule has 0 aromatic heterocycles. The topological polar surface area (TPSA) is 12.4 Å². The van der Waals surface area contributed by atoms with Crippen LogP contribution in [0.15, 0.2) is 35.3 Å². The Hall–Kier alpha value is -1.32. The second-order valence-corrected chi connectivity index (χ2v) is 2.81. The Bertz CT molecular complexity index is 290. The molecule has 1 aromatic carbocycles. The summed E-state index contributed by atoms with van der Waals surface area (Å²) in [5.74, 6) is 0. The van der Waals surface area contributed by atoms with Crippen LogP contribution < -0.4 is 0 Å². The number of hydrogen-bond donors (Lipinski definition) is 0. The van der Waals surface area contributed by atoms with E-state index in [1.807, 2.05) is 30.3 Å². The van der Waals surface area contributed by atoms with Crippen molar-refractivity contribution >= 4 is 6.21 Å². The Balaban J connectivity index is 2.33. The first-order valence-corrected chi connectivity index (χ1v) is 4.19. The zero-order valence-electron chi connectivity index (χ0n) is 7.46. The predicted molar refractivity (Wildman–Crippen MR) is 49.6 cm³/mol. The van der Waals surface area contributed by atoms with Gasteiger partial charge in [-0.1, -0.05) is 30.3 Å². The van der Waals surface area contributed by atoms with Crippen LogP contribution in [0.3, 0.4) is 0 Å². The van der Waals surface area contributed by atoms with Crippen LogP contribution in [0.25, 0.3) is 0 Å². The molecule has 0 aliphatic heterocycles. The van der Waals surface area contributed by atoms with E-state index in [1.165, 1.54) is 0 Å². The molecule has 0 amide bonds. The van der Waals surface area contributed by atoms with Gasteiger partial charge in [0.2, 0.25) is 0 Å². The number of benzene rings is 1. The van der Waals surface area contributed by atoms with Gasteiger partial charge in [0.25, 0.3) is 0 Å². The third-order valence-corrected chi connectivity index (χ3v) is 1.61. The first-order valence-electron chi connectivity index (χ1n) is 4.19. The molecule has 0 saturated carbocycles. The molecule has 0 unspecified atom stereocenters. The van der Waals surface area contributed by atoms with Crippen molar-refractivity contribution in [3.63, 3.8) is 0 Å². The molecule has 4 heteroatoms. The van der Waals surface area contributed by atoms with Crippen molar-refractivity contribution in [1.29, 1.82) is 0 Å². The minimum atomic E-state index is -4.29. The number of rotatable bonds is 3. The maximum absolute atomic E-state index is 11.6.